The number of aliphatic hydroxyl groups excluding tert-OH is 1. The maximum absolute atomic E-state index is 9.82. The predicted molar refractivity (Wildman–Crippen MR) is 65.1 cm³/mol. The van der Waals surface area contributed by atoms with Crippen molar-refractivity contribution in [2.75, 3.05) is 13.2 Å². The normalized spacial score (nSPS) is 25.7. The molecule has 2 rings (SSSR count). The van der Waals surface area contributed by atoms with Crippen molar-refractivity contribution in [2.45, 2.75) is 18.9 Å². The van der Waals surface area contributed by atoms with Gasteiger partial charge in [0.2, 0.25) is 0 Å². The Morgan fingerprint density at radius 2 is 2.12 bits per heavy atom. The molecule has 0 radical (unpaired) electrons. The third-order valence-electron chi connectivity index (χ3n) is 2.92. The van der Waals surface area contributed by atoms with Crippen LogP contribution < -0.4 is 0 Å². The number of ether oxygens (including phenoxy) is 1. The third-order valence-corrected chi connectivity index (χ3v) is 3.65. The van der Waals surface area contributed by atoms with E-state index in [0.29, 0.717) is 29.7 Å². The van der Waals surface area contributed by atoms with Crippen LogP contribution in [-0.4, -0.2) is 24.4 Å². The van der Waals surface area contributed by atoms with Gasteiger partial charge in [-0.15, -0.1) is 0 Å². The van der Waals surface area contributed by atoms with Crippen LogP contribution in [0.2, 0.25) is 10.0 Å². The van der Waals surface area contributed by atoms with Crippen LogP contribution in [0, 0.1) is 5.92 Å². The summed E-state index contributed by atoms with van der Waals surface area (Å²) in [5.74, 6) is 0.158. The average Bonchev–Trinajstić information content (AvgIpc) is 2.27. The zero-order valence-corrected chi connectivity index (χ0v) is 10.3. The van der Waals surface area contributed by atoms with Gasteiger partial charge in [-0.2, -0.15) is 0 Å². The molecule has 4 heteroatoms. The van der Waals surface area contributed by atoms with Crippen molar-refractivity contribution in [3.8, 4) is 0 Å². The fourth-order valence-corrected chi connectivity index (χ4v) is 2.27. The molecular formula is C12H14Cl2O2. The first-order chi connectivity index (χ1) is 7.66. The number of aliphatic hydroxyl groups is 1. The van der Waals surface area contributed by atoms with Crippen molar-refractivity contribution >= 4 is 23.2 Å². The Kier molecular flexibility index (Phi) is 4.09. The average molecular weight is 261 g/mol. The highest BCUT2D eigenvalue weighted by atomic mass is 35.5. The largest absolute Gasteiger partial charge is 0.393 e. The highest BCUT2D eigenvalue weighted by Gasteiger charge is 2.23. The Morgan fingerprint density at radius 1 is 1.31 bits per heavy atom. The van der Waals surface area contributed by atoms with E-state index in [1.54, 1.807) is 6.07 Å². The summed E-state index contributed by atoms with van der Waals surface area (Å²) in [4.78, 5) is 0. The Balaban J connectivity index is 2.05. The maximum Gasteiger partial charge on any atom is 0.0615 e. The molecule has 0 amide bonds. The molecule has 0 aliphatic carbocycles. The Morgan fingerprint density at radius 3 is 2.81 bits per heavy atom. The topological polar surface area (TPSA) is 29.5 Å². The van der Waals surface area contributed by atoms with E-state index in [1.807, 2.05) is 12.1 Å². The lowest BCUT2D eigenvalue weighted by Gasteiger charge is -2.27. The minimum atomic E-state index is -0.275. The van der Waals surface area contributed by atoms with Crippen LogP contribution in [-0.2, 0) is 11.2 Å². The standard InChI is InChI=1S/C12H14Cl2O2/c13-10-2-1-8(6-11(10)14)5-9-7-16-4-3-12(9)15/h1-2,6,9,12,15H,3-5,7H2/t9-,12+/m1/s1. The molecule has 1 aliphatic heterocycles. The van der Waals surface area contributed by atoms with E-state index >= 15 is 0 Å². The summed E-state index contributed by atoms with van der Waals surface area (Å²) < 4.78 is 5.36. The summed E-state index contributed by atoms with van der Waals surface area (Å²) in [6.45, 7) is 1.26. The molecule has 16 heavy (non-hydrogen) atoms. The molecular weight excluding hydrogens is 247 g/mol. The summed E-state index contributed by atoms with van der Waals surface area (Å²) in [5, 5.41) is 10.9. The minimum absolute atomic E-state index is 0.158. The van der Waals surface area contributed by atoms with E-state index in [0.717, 1.165) is 12.0 Å². The van der Waals surface area contributed by atoms with E-state index in [1.165, 1.54) is 0 Å². The smallest absolute Gasteiger partial charge is 0.0615 e. The number of rotatable bonds is 2. The molecule has 2 nitrogen and oxygen atoms in total. The van der Waals surface area contributed by atoms with Crippen LogP contribution in [0.5, 0.6) is 0 Å². The lowest BCUT2D eigenvalue weighted by Crippen LogP contribution is -2.33. The van der Waals surface area contributed by atoms with E-state index in [-0.39, 0.29) is 12.0 Å². The zero-order valence-electron chi connectivity index (χ0n) is 8.83. The number of halogens is 2. The molecule has 1 aliphatic rings. The van der Waals surface area contributed by atoms with E-state index in [4.69, 9.17) is 27.9 Å². The fourth-order valence-electron chi connectivity index (χ4n) is 1.95. The van der Waals surface area contributed by atoms with Crippen molar-refractivity contribution in [3.63, 3.8) is 0 Å². The van der Waals surface area contributed by atoms with E-state index in [2.05, 4.69) is 0 Å². The van der Waals surface area contributed by atoms with Crippen molar-refractivity contribution in [3.05, 3.63) is 33.8 Å². The molecule has 2 atom stereocenters. The molecule has 0 unspecified atom stereocenters. The lowest BCUT2D eigenvalue weighted by atomic mass is 9.92. The van der Waals surface area contributed by atoms with Crippen LogP contribution in [0.1, 0.15) is 12.0 Å². The minimum Gasteiger partial charge on any atom is -0.393 e. The highest BCUT2D eigenvalue weighted by molar-refractivity contribution is 6.42. The van der Waals surface area contributed by atoms with Gasteiger partial charge in [0.25, 0.3) is 0 Å². The van der Waals surface area contributed by atoms with Gasteiger partial charge in [0.15, 0.2) is 0 Å². The van der Waals surface area contributed by atoms with E-state index in [9.17, 15) is 5.11 Å². The molecule has 1 heterocycles. The summed E-state index contributed by atoms with van der Waals surface area (Å²) in [6, 6.07) is 5.58. The first-order valence-electron chi connectivity index (χ1n) is 5.36. The van der Waals surface area contributed by atoms with Gasteiger partial charge in [0, 0.05) is 12.5 Å². The summed E-state index contributed by atoms with van der Waals surface area (Å²) in [7, 11) is 0. The van der Waals surface area contributed by atoms with Crippen LogP contribution >= 0.6 is 23.2 Å². The van der Waals surface area contributed by atoms with Gasteiger partial charge in [0.05, 0.1) is 22.8 Å². The molecule has 1 aromatic carbocycles. The second-order valence-electron chi connectivity index (χ2n) is 4.14. The summed E-state index contributed by atoms with van der Waals surface area (Å²) >= 11 is 11.8. The van der Waals surface area contributed by atoms with E-state index < -0.39 is 0 Å². The van der Waals surface area contributed by atoms with Crippen LogP contribution in [0.4, 0.5) is 0 Å². The van der Waals surface area contributed by atoms with Gasteiger partial charge in [-0.05, 0) is 30.5 Å². The molecule has 0 saturated carbocycles. The zero-order chi connectivity index (χ0) is 11.5. The lowest BCUT2D eigenvalue weighted by molar-refractivity contribution is -0.0350. The van der Waals surface area contributed by atoms with Gasteiger partial charge >= 0.3 is 0 Å². The second kappa shape index (κ2) is 5.37. The second-order valence-corrected chi connectivity index (χ2v) is 4.96. The van der Waals surface area contributed by atoms with Gasteiger partial charge in [-0.1, -0.05) is 29.3 Å². The maximum atomic E-state index is 9.82. The molecule has 1 N–H and O–H groups in total. The van der Waals surface area contributed by atoms with Crippen LogP contribution in [0.15, 0.2) is 18.2 Å². The van der Waals surface area contributed by atoms with Crippen molar-refractivity contribution in [1.29, 1.82) is 0 Å². The quantitative estimate of drug-likeness (QED) is 0.886. The Hall–Kier alpha value is -0.280. The molecule has 1 fully saturated rings. The van der Waals surface area contributed by atoms with Crippen molar-refractivity contribution in [1.82, 2.24) is 0 Å². The molecule has 1 saturated heterocycles. The summed E-state index contributed by atoms with van der Waals surface area (Å²) in [6.07, 6.45) is 1.22. The number of hydrogen-bond donors (Lipinski definition) is 1. The molecule has 0 aromatic heterocycles. The first-order valence-corrected chi connectivity index (χ1v) is 6.12. The Labute approximate surface area is 105 Å². The molecule has 0 bridgehead atoms. The monoisotopic (exact) mass is 260 g/mol. The predicted octanol–water partition coefficient (Wildman–Crippen LogP) is 2.93. The first kappa shape index (κ1) is 12.2. The van der Waals surface area contributed by atoms with Gasteiger partial charge in [-0.3, -0.25) is 0 Å². The molecule has 1 aromatic rings. The Bertz CT molecular complexity index is 368. The highest BCUT2D eigenvalue weighted by Crippen LogP contribution is 2.25. The summed E-state index contributed by atoms with van der Waals surface area (Å²) in [5.41, 5.74) is 1.09. The van der Waals surface area contributed by atoms with Crippen molar-refractivity contribution in [2.24, 2.45) is 5.92 Å². The third kappa shape index (κ3) is 2.89. The van der Waals surface area contributed by atoms with Gasteiger partial charge in [0.1, 0.15) is 0 Å². The van der Waals surface area contributed by atoms with Gasteiger partial charge in [-0.25, -0.2) is 0 Å². The van der Waals surface area contributed by atoms with Gasteiger partial charge < -0.3 is 9.84 Å². The SMILES string of the molecule is O[C@H]1CCOC[C@H]1Cc1ccc(Cl)c(Cl)c1. The van der Waals surface area contributed by atoms with Crippen LogP contribution in [0.3, 0.4) is 0 Å². The number of hydrogen-bond acceptors (Lipinski definition) is 2. The fraction of sp³-hybridized carbons (Fsp3) is 0.500. The molecule has 0 spiro atoms. The molecule has 88 valence electrons. The van der Waals surface area contributed by atoms with Crippen molar-refractivity contribution < 1.29 is 9.84 Å². The van der Waals surface area contributed by atoms with Crippen LogP contribution in [0.25, 0.3) is 0 Å². The number of benzene rings is 1.